The Morgan fingerprint density at radius 1 is 1.43 bits per heavy atom. The van der Waals surface area contributed by atoms with Gasteiger partial charge in [-0.25, -0.2) is 17.9 Å². The first-order chi connectivity index (χ1) is 9.83. The molecule has 1 fully saturated rings. The molecule has 0 bridgehead atoms. The molecule has 2 N–H and O–H groups in total. The van der Waals surface area contributed by atoms with Crippen LogP contribution in [0.5, 0.6) is 0 Å². The van der Waals surface area contributed by atoms with E-state index in [1.807, 2.05) is 6.26 Å². The van der Waals surface area contributed by atoms with E-state index >= 15 is 0 Å². The normalized spacial score (nSPS) is 22.4. The van der Waals surface area contributed by atoms with Crippen molar-refractivity contribution in [2.24, 2.45) is 0 Å². The first-order valence-corrected chi connectivity index (χ1v) is 9.98. The van der Waals surface area contributed by atoms with Crippen molar-refractivity contribution >= 4 is 43.7 Å². The number of benzene rings is 1. The highest BCUT2D eigenvalue weighted by molar-refractivity contribution is 9.10. The van der Waals surface area contributed by atoms with Crippen molar-refractivity contribution in [3.05, 3.63) is 28.2 Å². The molecule has 1 aliphatic rings. The molecule has 2 rings (SSSR count). The van der Waals surface area contributed by atoms with E-state index < -0.39 is 16.0 Å². The SMILES string of the molecule is CSC1CCC(NS(=O)(=O)c2cc(C(=O)O)ccc2Br)C1. The van der Waals surface area contributed by atoms with Gasteiger partial charge in [0.25, 0.3) is 0 Å². The third-order valence-corrected chi connectivity index (χ3v) is 7.12. The number of nitrogens with one attached hydrogen (secondary N) is 1. The molecule has 0 saturated heterocycles. The molecule has 116 valence electrons. The van der Waals surface area contributed by atoms with Crippen LogP contribution in [0.15, 0.2) is 27.6 Å². The number of rotatable bonds is 5. The first kappa shape index (κ1) is 16.8. The van der Waals surface area contributed by atoms with Gasteiger partial charge in [0, 0.05) is 15.8 Å². The smallest absolute Gasteiger partial charge is 0.335 e. The van der Waals surface area contributed by atoms with E-state index in [0.717, 1.165) is 19.3 Å². The third kappa shape index (κ3) is 4.00. The molecule has 21 heavy (non-hydrogen) atoms. The third-order valence-electron chi connectivity index (χ3n) is 3.51. The van der Waals surface area contributed by atoms with E-state index in [1.165, 1.54) is 18.2 Å². The maximum absolute atomic E-state index is 12.4. The van der Waals surface area contributed by atoms with Crippen molar-refractivity contribution < 1.29 is 18.3 Å². The maximum Gasteiger partial charge on any atom is 0.335 e. The summed E-state index contributed by atoms with van der Waals surface area (Å²) >= 11 is 4.92. The Hall–Kier alpha value is -0.570. The second kappa shape index (κ2) is 6.68. The summed E-state index contributed by atoms with van der Waals surface area (Å²) < 4.78 is 27.9. The van der Waals surface area contributed by atoms with Crippen LogP contribution < -0.4 is 4.72 Å². The Labute approximate surface area is 136 Å². The summed E-state index contributed by atoms with van der Waals surface area (Å²) in [6, 6.07) is 3.89. The molecule has 1 aromatic rings. The van der Waals surface area contributed by atoms with Crippen LogP contribution >= 0.6 is 27.7 Å². The highest BCUT2D eigenvalue weighted by atomic mass is 79.9. The number of hydrogen-bond donors (Lipinski definition) is 2. The number of carboxylic acids is 1. The second-order valence-electron chi connectivity index (χ2n) is 4.94. The maximum atomic E-state index is 12.4. The zero-order valence-corrected chi connectivity index (χ0v) is 14.6. The summed E-state index contributed by atoms with van der Waals surface area (Å²) in [4.78, 5) is 11.0. The predicted octanol–water partition coefficient (Wildman–Crippen LogP) is 2.71. The average Bonchev–Trinajstić information content (AvgIpc) is 2.85. The van der Waals surface area contributed by atoms with Gasteiger partial charge in [0.15, 0.2) is 0 Å². The van der Waals surface area contributed by atoms with Crippen LogP contribution in [0.2, 0.25) is 0 Å². The van der Waals surface area contributed by atoms with Crippen LogP contribution in [0, 0.1) is 0 Å². The lowest BCUT2D eigenvalue weighted by molar-refractivity contribution is 0.0696. The van der Waals surface area contributed by atoms with Crippen LogP contribution in [-0.4, -0.2) is 37.0 Å². The molecule has 0 spiro atoms. The summed E-state index contributed by atoms with van der Waals surface area (Å²) in [7, 11) is -3.73. The molecule has 1 saturated carbocycles. The van der Waals surface area contributed by atoms with E-state index in [-0.39, 0.29) is 16.5 Å². The van der Waals surface area contributed by atoms with Crippen LogP contribution in [0.25, 0.3) is 0 Å². The Bertz CT molecular complexity index is 648. The molecule has 0 radical (unpaired) electrons. The number of halogens is 1. The summed E-state index contributed by atoms with van der Waals surface area (Å²) in [6.45, 7) is 0. The van der Waals surface area contributed by atoms with E-state index in [4.69, 9.17) is 5.11 Å². The minimum atomic E-state index is -3.73. The summed E-state index contributed by atoms with van der Waals surface area (Å²) in [6.07, 6.45) is 4.62. The summed E-state index contributed by atoms with van der Waals surface area (Å²) in [5.74, 6) is -1.15. The van der Waals surface area contributed by atoms with Crippen molar-refractivity contribution in [2.45, 2.75) is 35.4 Å². The van der Waals surface area contributed by atoms with Gasteiger partial charge in [0.2, 0.25) is 10.0 Å². The van der Waals surface area contributed by atoms with Crippen LogP contribution in [-0.2, 0) is 10.0 Å². The Morgan fingerprint density at radius 2 is 2.14 bits per heavy atom. The molecule has 1 aliphatic carbocycles. The summed E-state index contributed by atoms with van der Waals surface area (Å²) in [5.41, 5.74) is -0.0491. The number of hydrogen-bond acceptors (Lipinski definition) is 4. The van der Waals surface area contributed by atoms with Gasteiger partial charge >= 0.3 is 5.97 Å². The number of carboxylic acid groups (broad SMARTS) is 1. The van der Waals surface area contributed by atoms with Gasteiger partial charge < -0.3 is 5.11 Å². The topological polar surface area (TPSA) is 83.5 Å². The number of sulfonamides is 1. The minimum absolute atomic E-state index is 0.0324. The highest BCUT2D eigenvalue weighted by Gasteiger charge is 2.29. The van der Waals surface area contributed by atoms with Gasteiger partial charge in [-0.1, -0.05) is 0 Å². The summed E-state index contributed by atoms with van der Waals surface area (Å²) in [5, 5.41) is 9.46. The molecule has 2 unspecified atom stereocenters. The van der Waals surface area contributed by atoms with Gasteiger partial charge in [-0.3, -0.25) is 0 Å². The van der Waals surface area contributed by atoms with E-state index in [0.29, 0.717) is 9.72 Å². The van der Waals surface area contributed by atoms with Gasteiger partial charge in [-0.15, -0.1) is 0 Å². The lowest BCUT2D eigenvalue weighted by atomic mass is 10.2. The molecule has 0 aliphatic heterocycles. The Morgan fingerprint density at radius 3 is 2.71 bits per heavy atom. The lowest BCUT2D eigenvalue weighted by Gasteiger charge is -2.14. The predicted molar refractivity (Wildman–Crippen MR) is 86.4 cm³/mol. The number of thioether (sulfide) groups is 1. The van der Waals surface area contributed by atoms with Crippen LogP contribution in [0.4, 0.5) is 0 Å². The fourth-order valence-corrected chi connectivity index (χ4v) is 5.46. The van der Waals surface area contributed by atoms with E-state index in [1.54, 1.807) is 11.8 Å². The van der Waals surface area contributed by atoms with Crippen LogP contribution in [0.3, 0.4) is 0 Å². The molecule has 0 amide bonds. The molecule has 1 aromatic carbocycles. The van der Waals surface area contributed by atoms with Gasteiger partial charge in [0.05, 0.1) is 10.5 Å². The monoisotopic (exact) mass is 393 g/mol. The Kier molecular flexibility index (Phi) is 5.34. The standard InChI is InChI=1S/C13H16BrNO4S2/c1-20-10-4-3-9(7-10)15-21(18,19)12-6-8(13(16)17)2-5-11(12)14/h2,5-6,9-10,15H,3-4,7H2,1H3,(H,16,17). The molecule has 8 heteroatoms. The second-order valence-corrected chi connectivity index (χ2v) is 8.61. The van der Waals surface area contributed by atoms with Gasteiger partial charge in [-0.2, -0.15) is 11.8 Å². The molecule has 0 heterocycles. The van der Waals surface area contributed by atoms with Crippen molar-refractivity contribution in [3.63, 3.8) is 0 Å². The van der Waals surface area contributed by atoms with Crippen LogP contribution in [0.1, 0.15) is 29.6 Å². The lowest BCUT2D eigenvalue weighted by Crippen LogP contribution is -2.33. The fraction of sp³-hybridized carbons (Fsp3) is 0.462. The molecular formula is C13H16BrNO4S2. The van der Waals surface area contributed by atoms with Crippen molar-refractivity contribution in [3.8, 4) is 0 Å². The number of aromatic carboxylic acids is 1. The zero-order chi connectivity index (χ0) is 15.6. The first-order valence-electron chi connectivity index (χ1n) is 6.41. The quantitative estimate of drug-likeness (QED) is 0.803. The average molecular weight is 394 g/mol. The van der Waals surface area contributed by atoms with E-state index in [9.17, 15) is 13.2 Å². The van der Waals surface area contributed by atoms with Crippen molar-refractivity contribution in [1.82, 2.24) is 4.72 Å². The van der Waals surface area contributed by atoms with E-state index in [2.05, 4.69) is 20.7 Å². The fourth-order valence-electron chi connectivity index (χ4n) is 2.39. The van der Waals surface area contributed by atoms with Crippen molar-refractivity contribution in [2.75, 3.05) is 6.26 Å². The highest BCUT2D eigenvalue weighted by Crippen LogP contribution is 2.30. The molecular weight excluding hydrogens is 378 g/mol. The largest absolute Gasteiger partial charge is 0.478 e. The molecule has 5 nitrogen and oxygen atoms in total. The number of carbonyl (C=O) groups is 1. The Balaban J connectivity index is 2.23. The minimum Gasteiger partial charge on any atom is -0.478 e. The zero-order valence-electron chi connectivity index (χ0n) is 11.4. The van der Waals surface area contributed by atoms with Gasteiger partial charge in [-0.05, 0) is 59.6 Å². The molecule has 0 aromatic heterocycles. The van der Waals surface area contributed by atoms with Crippen molar-refractivity contribution in [1.29, 1.82) is 0 Å². The molecule has 2 atom stereocenters. The van der Waals surface area contributed by atoms with Gasteiger partial charge in [0.1, 0.15) is 0 Å².